The molecule has 0 aromatic carbocycles. The number of hydrogen-bond donors (Lipinski definition) is 1. The molecule has 2 saturated heterocycles. The molecule has 2 aliphatic heterocycles. The lowest BCUT2D eigenvalue weighted by Crippen LogP contribution is -2.55. The number of furan rings is 1. The number of morpholine rings is 1. The van der Waals surface area contributed by atoms with Gasteiger partial charge >= 0.3 is 6.09 Å². The van der Waals surface area contributed by atoms with Gasteiger partial charge in [-0.25, -0.2) is 4.79 Å². The highest BCUT2D eigenvalue weighted by Gasteiger charge is 2.27. The van der Waals surface area contributed by atoms with Crippen LogP contribution in [0.1, 0.15) is 24.5 Å². The fourth-order valence-corrected chi connectivity index (χ4v) is 3.77. The van der Waals surface area contributed by atoms with Crippen LogP contribution in [-0.4, -0.2) is 99.4 Å². The number of nitrogens with zero attached hydrogens (tertiary/aromatic N) is 4. The van der Waals surface area contributed by atoms with E-state index in [-0.39, 0.29) is 36.1 Å². The van der Waals surface area contributed by atoms with E-state index in [0.29, 0.717) is 26.2 Å². The Morgan fingerprint density at radius 3 is 2.40 bits per heavy atom. The van der Waals surface area contributed by atoms with Crippen molar-refractivity contribution in [2.45, 2.75) is 19.9 Å². The second-order valence-corrected chi connectivity index (χ2v) is 7.21. The minimum atomic E-state index is -0.240. The maximum absolute atomic E-state index is 11.9. The first kappa shape index (κ1) is 24.7. The lowest BCUT2D eigenvalue weighted by molar-refractivity contribution is 0.0123. The second-order valence-electron chi connectivity index (χ2n) is 7.21. The van der Waals surface area contributed by atoms with E-state index < -0.39 is 0 Å². The molecule has 3 rings (SSSR count). The van der Waals surface area contributed by atoms with Gasteiger partial charge in [0.2, 0.25) is 0 Å². The van der Waals surface area contributed by atoms with Gasteiger partial charge in [-0.05, 0) is 26.0 Å². The molecule has 1 atom stereocenters. The maximum atomic E-state index is 11.9. The zero-order valence-corrected chi connectivity index (χ0v) is 20.5. The number of carbonyl (C=O) groups excluding carboxylic acids is 1. The third kappa shape index (κ3) is 6.48. The molecule has 10 heteroatoms. The molecule has 0 bridgehead atoms. The van der Waals surface area contributed by atoms with Crippen LogP contribution in [-0.2, 0) is 9.47 Å². The Hall–Kier alpha value is -1.53. The Morgan fingerprint density at radius 1 is 1.17 bits per heavy atom. The van der Waals surface area contributed by atoms with E-state index in [4.69, 9.17) is 13.9 Å². The van der Waals surface area contributed by atoms with E-state index in [0.717, 1.165) is 56.9 Å². The molecular weight excluding hydrogens is 501 g/mol. The van der Waals surface area contributed by atoms with Gasteiger partial charge in [0.05, 0.1) is 25.9 Å². The molecule has 0 radical (unpaired) electrons. The maximum Gasteiger partial charge on any atom is 0.409 e. The van der Waals surface area contributed by atoms with Gasteiger partial charge in [0.15, 0.2) is 5.96 Å². The van der Waals surface area contributed by atoms with Crippen LogP contribution in [0.3, 0.4) is 0 Å². The van der Waals surface area contributed by atoms with Crippen molar-refractivity contribution in [2.75, 3.05) is 72.7 Å². The molecule has 1 aromatic rings. The van der Waals surface area contributed by atoms with Gasteiger partial charge < -0.3 is 29.0 Å². The Labute approximate surface area is 195 Å². The van der Waals surface area contributed by atoms with Gasteiger partial charge in [-0.1, -0.05) is 0 Å². The molecule has 1 amide bonds. The van der Waals surface area contributed by atoms with Gasteiger partial charge in [-0.15, -0.1) is 24.0 Å². The van der Waals surface area contributed by atoms with Crippen LogP contribution in [0.15, 0.2) is 21.5 Å². The van der Waals surface area contributed by atoms with Crippen LogP contribution >= 0.6 is 24.0 Å². The summed E-state index contributed by atoms with van der Waals surface area (Å²) in [6.07, 6.45) is -0.240. The van der Waals surface area contributed by atoms with Crippen LogP contribution in [0.25, 0.3) is 0 Å². The average Bonchev–Trinajstić information content (AvgIpc) is 3.18. The summed E-state index contributed by atoms with van der Waals surface area (Å²) >= 11 is 0. The molecular formula is C20H34IN5O4. The zero-order valence-electron chi connectivity index (χ0n) is 18.1. The minimum absolute atomic E-state index is 0. The molecule has 30 heavy (non-hydrogen) atoms. The molecule has 0 saturated carbocycles. The number of hydrogen-bond acceptors (Lipinski definition) is 6. The largest absolute Gasteiger partial charge is 0.465 e. The van der Waals surface area contributed by atoms with Gasteiger partial charge in [0.1, 0.15) is 11.5 Å². The Morgan fingerprint density at radius 2 is 1.83 bits per heavy atom. The average molecular weight is 535 g/mol. The highest BCUT2D eigenvalue weighted by molar-refractivity contribution is 14.0. The number of nitrogens with one attached hydrogen (secondary N) is 1. The molecule has 2 fully saturated rings. The van der Waals surface area contributed by atoms with E-state index in [9.17, 15) is 4.79 Å². The van der Waals surface area contributed by atoms with Crippen molar-refractivity contribution in [2.24, 2.45) is 4.99 Å². The highest BCUT2D eigenvalue weighted by Crippen LogP contribution is 2.23. The van der Waals surface area contributed by atoms with Gasteiger partial charge in [0, 0.05) is 52.9 Å². The third-order valence-corrected chi connectivity index (χ3v) is 5.35. The Bertz CT molecular complexity index is 684. The molecule has 2 aliphatic rings. The smallest absolute Gasteiger partial charge is 0.409 e. The number of halogens is 1. The van der Waals surface area contributed by atoms with Gasteiger partial charge in [0.25, 0.3) is 0 Å². The predicted octanol–water partition coefficient (Wildman–Crippen LogP) is 1.93. The number of aryl methyl sites for hydroxylation is 1. The van der Waals surface area contributed by atoms with E-state index in [1.165, 1.54) is 0 Å². The molecule has 9 nitrogen and oxygen atoms in total. The SMILES string of the molecule is CCOC(=O)N1CCN(C(=NC)NCC(c2ccc(C)o2)N2CCOCC2)CC1.I. The standard InChI is InChI=1S/C20H33N5O4.HI/c1-4-28-20(26)25-9-7-24(8-10-25)19(21-3)22-15-17(18-6-5-16(2)29-18)23-11-13-27-14-12-23;/h5-6,17H,4,7-15H2,1-3H3,(H,21,22);1H. The van der Waals surface area contributed by atoms with Crippen molar-refractivity contribution in [3.8, 4) is 0 Å². The lowest BCUT2D eigenvalue weighted by Gasteiger charge is -2.37. The summed E-state index contributed by atoms with van der Waals surface area (Å²) < 4.78 is 16.5. The van der Waals surface area contributed by atoms with Gasteiger partial charge in [-0.2, -0.15) is 0 Å². The summed E-state index contributed by atoms with van der Waals surface area (Å²) in [5.74, 6) is 2.72. The van der Waals surface area contributed by atoms with E-state index >= 15 is 0 Å². The fraction of sp³-hybridized carbons (Fsp3) is 0.700. The monoisotopic (exact) mass is 535 g/mol. The molecule has 1 N–H and O–H groups in total. The van der Waals surface area contributed by atoms with Crippen molar-refractivity contribution in [3.63, 3.8) is 0 Å². The van der Waals surface area contributed by atoms with E-state index in [1.807, 2.05) is 19.9 Å². The summed E-state index contributed by atoms with van der Waals surface area (Å²) in [4.78, 5) is 22.7. The number of rotatable bonds is 5. The number of ether oxygens (including phenoxy) is 2. The first-order chi connectivity index (χ1) is 14.1. The molecule has 1 unspecified atom stereocenters. The van der Waals surface area contributed by atoms with Crippen molar-refractivity contribution in [1.29, 1.82) is 0 Å². The van der Waals surface area contributed by atoms with Crippen LogP contribution in [0.4, 0.5) is 4.79 Å². The molecule has 1 aromatic heterocycles. The van der Waals surface area contributed by atoms with Crippen molar-refractivity contribution in [3.05, 3.63) is 23.7 Å². The summed E-state index contributed by atoms with van der Waals surface area (Å²) in [6, 6.07) is 4.18. The fourth-order valence-electron chi connectivity index (χ4n) is 3.77. The van der Waals surface area contributed by atoms with Crippen LogP contribution < -0.4 is 5.32 Å². The number of amides is 1. The summed E-state index contributed by atoms with van der Waals surface area (Å²) in [6.45, 7) is 10.8. The third-order valence-electron chi connectivity index (χ3n) is 5.35. The topological polar surface area (TPSA) is 82.8 Å². The summed E-state index contributed by atoms with van der Waals surface area (Å²) in [7, 11) is 1.79. The number of piperazine rings is 1. The Balaban J connectivity index is 0.00000320. The zero-order chi connectivity index (χ0) is 20.6. The Kier molecular flexibility index (Phi) is 10.2. The molecule has 0 aliphatic carbocycles. The first-order valence-electron chi connectivity index (χ1n) is 10.4. The van der Waals surface area contributed by atoms with Crippen LogP contribution in [0.5, 0.6) is 0 Å². The van der Waals surface area contributed by atoms with Crippen LogP contribution in [0, 0.1) is 6.92 Å². The second kappa shape index (κ2) is 12.4. The van der Waals surface area contributed by atoms with Crippen LogP contribution in [0.2, 0.25) is 0 Å². The minimum Gasteiger partial charge on any atom is -0.465 e. The molecule has 0 spiro atoms. The lowest BCUT2D eigenvalue weighted by atomic mass is 10.1. The molecule has 3 heterocycles. The normalized spacial score (nSPS) is 19.2. The van der Waals surface area contributed by atoms with Crippen molar-refractivity contribution in [1.82, 2.24) is 20.0 Å². The van der Waals surface area contributed by atoms with E-state index in [1.54, 1.807) is 11.9 Å². The summed E-state index contributed by atoms with van der Waals surface area (Å²) in [5, 5.41) is 3.51. The quantitative estimate of drug-likeness (QED) is 0.351. The molecule has 170 valence electrons. The van der Waals surface area contributed by atoms with Crippen molar-refractivity contribution < 1.29 is 18.7 Å². The highest BCUT2D eigenvalue weighted by atomic mass is 127. The number of carbonyl (C=O) groups is 1. The van der Waals surface area contributed by atoms with Crippen molar-refractivity contribution >= 4 is 36.0 Å². The number of aliphatic imine (C=N–C) groups is 1. The summed E-state index contributed by atoms with van der Waals surface area (Å²) in [5.41, 5.74) is 0. The first-order valence-corrected chi connectivity index (χ1v) is 10.4. The van der Waals surface area contributed by atoms with Gasteiger partial charge in [-0.3, -0.25) is 9.89 Å². The van der Waals surface area contributed by atoms with E-state index in [2.05, 4.69) is 26.2 Å². The number of guanidine groups is 1. The predicted molar refractivity (Wildman–Crippen MR) is 126 cm³/mol.